The second-order valence-corrected chi connectivity index (χ2v) is 4.74. The van der Waals surface area contributed by atoms with Crippen LogP contribution in [-0.2, 0) is 0 Å². The van der Waals surface area contributed by atoms with E-state index >= 15 is 0 Å². The highest BCUT2D eigenvalue weighted by Crippen LogP contribution is 2.31. The molecule has 0 fully saturated rings. The minimum atomic E-state index is -0.394. The quantitative estimate of drug-likeness (QED) is 0.821. The van der Waals surface area contributed by atoms with Crippen molar-refractivity contribution in [3.63, 3.8) is 0 Å². The fourth-order valence-corrected chi connectivity index (χ4v) is 1.92. The summed E-state index contributed by atoms with van der Waals surface area (Å²) >= 11 is 9.01. The van der Waals surface area contributed by atoms with Gasteiger partial charge in [-0.15, -0.1) is 0 Å². The summed E-state index contributed by atoms with van der Waals surface area (Å²) < 4.78 is 19.2. The smallest absolute Gasteiger partial charge is 0.151 e. The van der Waals surface area contributed by atoms with E-state index in [0.29, 0.717) is 26.7 Å². The standard InChI is InChI=1S/C12H8BrClFNO/c13-7-3-9(15)6-10(4-7)17-12-5-8(14)1-2-11(12)16/h1-6H,16H2. The first-order chi connectivity index (χ1) is 8.04. The molecule has 0 amide bonds. The molecule has 0 aliphatic heterocycles. The minimum absolute atomic E-state index is 0.353. The topological polar surface area (TPSA) is 35.2 Å². The largest absolute Gasteiger partial charge is 0.455 e. The molecule has 0 heterocycles. The summed E-state index contributed by atoms with van der Waals surface area (Å²) in [6.07, 6.45) is 0. The van der Waals surface area contributed by atoms with E-state index in [0.717, 1.165) is 0 Å². The molecule has 0 bridgehead atoms. The fraction of sp³-hybridized carbons (Fsp3) is 0. The molecular weight excluding hydrogens is 308 g/mol. The summed E-state index contributed by atoms with van der Waals surface area (Å²) in [5.41, 5.74) is 6.16. The third-order valence-electron chi connectivity index (χ3n) is 2.04. The van der Waals surface area contributed by atoms with Gasteiger partial charge in [0, 0.05) is 21.6 Å². The Morgan fingerprint density at radius 3 is 2.65 bits per heavy atom. The van der Waals surface area contributed by atoms with E-state index in [2.05, 4.69) is 15.9 Å². The average molecular weight is 317 g/mol. The maximum absolute atomic E-state index is 13.1. The molecule has 0 aromatic heterocycles. The van der Waals surface area contributed by atoms with E-state index in [-0.39, 0.29) is 0 Å². The van der Waals surface area contributed by atoms with Crippen molar-refractivity contribution in [2.24, 2.45) is 0 Å². The van der Waals surface area contributed by atoms with E-state index in [1.807, 2.05) is 0 Å². The van der Waals surface area contributed by atoms with Gasteiger partial charge >= 0.3 is 0 Å². The van der Waals surface area contributed by atoms with Crippen LogP contribution in [0.4, 0.5) is 10.1 Å². The molecule has 2 N–H and O–H groups in total. The normalized spacial score (nSPS) is 10.3. The number of rotatable bonds is 2. The maximum Gasteiger partial charge on any atom is 0.151 e. The Labute approximate surface area is 111 Å². The van der Waals surface area contributed by atoms with Gasteiger partial charge in [-0.2, -0.15) is 0 Å². The van der Waals surface area contributed by atoms with Crippen molar-refractivity contribution in [2.75, 3.05) is 5.73 Å². The van der Waals surface area contributed by atoms with Gasteiger partial charge in [0.15, 0.2) is 5.75 Å². The van der Waals surface area contributed by atoms with Crippen LogP contribution in [0.5, 0.6) is 11.5 Å². The number of benzene rings is 2. The molecule has 88 valence electrons. The molecule has 17 heavy (non-hydrogen) atoms. The van der Waals surface area contributed by atoms with Crippen LogP contribution in [0.3, 0.4) is 0 Å². The summed E-state index contributed by atoms with van der Waals surface area (Å²) in [5.74, 6) is 0.357. The summed E-state index contributed by atoms with van der Waals surface area (Å²) in [6, 6.07) is 9.12. The van der Waals surface area contributed by atoms with Crippen molar-refractivity contribution in [3.8, 4) is 11.5 Å². The molecule has 2 nitrogen and oxygen atoms in total. The molecule has 0 unspecified atom stereocenters. The molecule has 0 saturated heterocycles. The number of nitrogens with two attached hydrogens (primary N) is 1. The molecule has 0 spiro atoms. The molecular formula is C12H8BrClFNO. The van der Waals surface area contributed by atoms with E-state index < -0.39 is 5.82 Å². The van der Waals surface area contributed by atoms with Crippen molar-refractivity contribution in [1.29, 1.82) is 0 Å². The minimum Gasteiger partial charge on any atom is -0.455 e. The Morgan fingerprint density at radius 1 is 1.18 bits per heavy atom. The molecule has 5 heteroatoms. The summed E-state index contributed by atoms with van der Waals surface area (Å²) in [5, 5.41) is 0.504. The predicted octanol–water partition coefficient (Wildman–Crippen LogP) is 4.62. The van der Waals surface area contributed by atoms with Crippen LogP contribution < -0.4 is 10.5 Å². The first-order valence-electron chi connectivity index (χ1n) is 4.73. The first kappa shape index (κ1) is 12.2. The summed E-state index contributed by atoms with van der Waals surface area (Å²) in [7, 11) is 0. The van der Waals surface area contributed by atoms with E-state index in [4.69, 9.17) is 22.1 Å². The third-order valence-corrected chi connectivity index (χ3v) is 2.73. The van der Waals surface area contributed by atoms with Crippen LogP contribution in [0, 0.1) is 5.82 Å². The van der Waals surface area contributed by atoms with Crippen molar-refractivity contribution in [1.82, 2.24) is 0 Å². The lowest BCUT2D eigenvalue weighted by Crippen LogP contribution is -1.92. The number of hydrogen-bond donors (Lipinski definition) is 1. The van der Waals surface area contributed by atoms with Gasteiger partial charge in [0.25, 0.3) is 0 Å². The zero-order chi connectivity index (χ0) is 12.4. The van der Waals surface area contributed by atoms with Crippen LogP contribution in [0.2, 0.25) is 5.02 Å². The van der Waals surface area contributed by atoms with Crippen LogP contribution >= 0.6 is 27.5 Å². The molecule has 0 radical (unpaired) electrons. The highest BCUT2D eigenvalue weighted by atomic mass is 79.9. The van der Waals surface area contributed by atoms with E-state index in [9.17, 15) is 4.39 Å². The van der Waals surface area contributed by atoms with Gasteiger partial charge in [-0.1, -0.05) is 27.5 Å². The van der Waals surface area contributed by atoms with Crippen LogP contribution in [-0.4, -0.2) is 0 Å². The highest BCUT2D eigenvalue weighted by Gasteiger charge is 2.05. The van der Waals surface area contributed by atoms with Crippen molar-refractivity contribution < 1.29 is 9.13 Å². The van der Waals surface area contributed by atoms with E-state index in [1.165, 1.54) is 12.1 Å². The molecule has 2 aromatic carbocycles. The Balaban J connectivity index is 2.34. The van der Waals surface area contributed by atoms with Gasteiger partial charge in [-0.05, 0) is 24.3 Å². The SMILES string of the molecule is Nc1ccc(Cl)cc1Oc1cc(F)cc(Br)c1. The van der Waals surface area contributed by atoms with Gasteiger partial charge in [-0.25, -0.2) is 4.39 Å². The van der Waals surface area contributed by atoms with E-state index in [1.54, 1.807) is 24.3 Å². The molecule has 0 aliphatic rings. The van der Waals surface area contributed by atoms with Gasteiger partial charge in [0.05, 0.1) is 5.69 Å². The Kier molecular flexibility index (Phi) is 3.54. The van der Waals surface area contributed by atoms with Gasteiger partial charge < -0.3 is 10.5 Å². The molecule has 2 aromatic rings. The van der Waals surface area contributed by atoms with Crippen molar-refractivity contribution in [3.05, 3.63) is 51.7 Å². The summed E-state index contributed by atoms with van der Waals surface area (Å²) in [6.45, 7) is 0. The Bertz CT molecular complexity index is 542. The fourth-order valence-electron chi connectivity index (χ4n) is 1.31. The summed E-state index contributed by atoms with van der Waals surface area (Å²) in [4.78, 5) is 0. The maximum atomic E-state index is 13.1. The second-order valence-electron chi connectivity index (χ2n) is 3.39. The predicted molar refractivity (Wildman–Crippen MR) is 70.0 cm³/mol. The van der Waals surface area contributed by atoms with Crippen LogP contribution in [0.25, 0.3) is 0 Å². The number of nitrogen functional groups attached to an aromatic ring is 1. The number of hydrogen-bond acceptors (Lipinski definition) is 2. The zero-order valence-electron chi connectivity index (χ0n) is 8.58. The lowest BCUT2D eigenvalue weighted by molar-refractivity contribution is 0.478. The third kappa shape index (κ3) is 3.11. The Morgan fingerprint density at radius 2 is 1.94 bits per heavy atom. The molecule has 0 aliphatic carbocycles. The lowest BCUT2D eigenvalue weighted by atomic mass is 10.3. The second kappa shape index (κ2) is 4.94. The van der Waals surface area contributed by atoms with Crippen LogP contribution in [0.1, 0.15) is 0 Å². The van der Waals surface area contributed by atoms with Gasteiger partial charge in [0.2, 0.25) is 0 Å². The number of ether oxygens (including phenoxy) is 1. The molecule has 0 saturated carbocycles. The first-order valence-corrected chi connectivity index (χ1v) is 5.90. The molecule has 2 rings (SSSR count). The average Bonchev–Trinajstić information content (AvgIpc) is 2.22. The lowest BCUT2D eigenvalue weighted by Gasteiger charge is -2.09. The van der Waals surface area contributed by atoms with Crippen LogP contribution in [0.15, 0.2) is 40.9 Å². The monoisotopic (exact) mass is 315 g/mol. The number of halogens is 3. The molecule has 0 atom stereocenters. The van der Waals surface area contributed by atoms with Crippen molar-refractivity contribution in [2.45, 2.75) is 0 Å². The number of anilines is 1. The van der Waals surface area contributed by atoms with Gasteiger partial charge in [0.1, 0.15) is 11.6 Å². The van der Waals surface area contributed by atoms with Gasteiger partial charge in [-0.3, -0.25) is 0 Å². The van der Waals surface area contributed by atoms with Crippen molar-refractivity contribution >= 4 is 33.2 Å². The zero-order valence-corrected chi connectivity index (χ0v) is 10.9. The highest BCUT2D eigenvalue weighted by molar-refractivity contribution is 9.10. The Hall–Kier alpha value is -1.26.